The highest BCUT2D eigenvalue weighted by Gasteiger charge is 2.41. The van der Waals surface area contributed by atoms with Crippen LogP contribution in [-0.4, -0.2) is 17.6 Å². The van der Waals surface area contributed by atoms with Crippen LogP contribution in [0.4, 0.5) is 0 Å². The molecule has 1 N–H and O–H groups in total. The summed E-state index contributed by atoms with van der Waals surface area (Å²) in [7, 11) is 0. The highest BCUT2D eigenvalue weighted by Crippen LogP contribution is 2.29. The van der Waals surface area contributed by atoms with Gasteiger partial charge in [0.2, 0.25) is 11.7 Å². The van der Waals surface area contributed by atoms with E-state index >= 15 is 0 Å². The van der Waals surface area contributed by atoms with Gasteiger partial charge in [-0.15, -0.1) is 0 Å². The van der Waals surface area contributed by atoms with Crippen molar-refractivity contribution in [2.24, 2.45) is 0 Å². The first-order chi connectivity index (χ1) is 7.91. The lowest BCUT2D eigenvalue weighted by molar-refractivity contribution is -0.135. The summed E-state index contributed by atoms with van der Waals surface area (Å²) in [6, 6.07) is 3.61. The molecule has 2 amide bonds. The minimum atomic E-state index is -0.991. The van der Waals surface area contributed by atoms with E-state index in [1.165, 1.54) is 0 Å². The summed E-state index contributed by atoms with van der Waals surface area (Å²) in [5.74, 6) is -3.03. The molecule has 0 saturated carbocycles. The maximum absolute atomic E-state index is 11.6. The Bertz CT molecular complexity index is 551. The first-order valence-electron chi connectivity index (χ1n) is 5.07. The summed E-state index contributed by atoms with van der Waals surface area (Å²) in [4.78, 5) is 34.3. The van der Waals surface area contributed by atoms with Gasteiger partial charge in [0.15, 0.2) is 0 Å². The number of hydrogen-bond donors (Lipinski definition) is 1. The van der Waals surface area contributed by atoms with Crippen molar-refractivity contribution in [2.45, 2.75) is 19.8 Å². The lowest BCUT2D eigenvalue weighted by atomic mass is 9.91. The van der Waals surface area contributed by atoms with Gasteiger partial charge in [-0.25, -0.2) is 0 Å². The lowest BCUT2D eigenvalue weighted by Gasteiger charge is -2.11. The molecular weight excluding hydrogens is 286 g/mol. The van der Waals surface area contributed by atoms with Gasteiger partial charge in [0.25, 0.3) is 5.91 Å². The van der Waals surface area contributed by atoms with E-state index in [-0.39, 0.29) is 0 Å². The Kier molecular flexibility index (Phi) is 2.87. The largest absolute Gasteiger partial charge is 0.295 e. The van der Waals surface area contributed by atoms with Gasteiger partial charge in [-0.1, -0.05) is 22.0 Å². The van der Waals surface area contributed by atoms with Crippen molar-refractivity contribution in [3.63, 3.8) is 0 Å². The van der Waals surface area contributed by atoms with Crippen LogP contribution >= 0.6 is 15.9 Å². The Morgan fingerprint density at radius 3 is 2.29 bits per heavy atom. The predicted octanol–water partition coefficient (Wildman–Crippen LogP) is 1.38. The van der Waals surface area contributed by atoms with Crippen molar-refractivity contribution in [1.29, 1.82) is 0 Å². The predicted molar refractivity (Wildman–Crippen MR) is 64.5 cm³/mol. The Morgan fingerprint density at radius 2 is 1.76 bits per heavy atom. The fourth-order valence-electron chi connectivity index (χ4n) is 1.89. The molecule has 88 valence electrons. The van der Waals surface area contributed by atoms with Crippen molar-refractivity contribution in [2.75, 3.05) is 0 Å². The standard InChI is InChI=1S/C12H10BrNO3/c1-5-4-8(13)6(2)3-7(5)9-10(15)12(17)14-11(9)16/h3-4,9H,1-2H3,(H,14,16,17). The van der Waals surface area contributed by atoms with Gasteiger partial charge in [-0.05, 0) is 36.6 Å². The van der Waals surface area contributed by atoms with Crippen molar-refractivity contribution in [3.8, 4) is 0 Å². The summed E-state index contributed by atoms with van der Waals surface area (Å²) >= 11 is 3.38. The molecule has 17 heavy (non-hydrogen) atoms. The SMILES string of the molecule is Cc1cc(C2C(=O)NC(=O)C2=O)c(C)cc1Br. The third kappa shape index (κ3) is 1.91. The molecule has 5 heteroatoms. The van der Waals surface area contributed by atoms with E-state index in [9.17, 15) is 14.4 Å². The Morgan fingerprint density at radius 1 is 1.12 bits per heavy atom. The maximum atomic E-state index is 11.6. The molecule has 1 fully saturated rings. The number of halogens is 1. The van der Waals surface area contributed by atoms with Crippen molar-refractivity contribution >= 4 is 33.5 Å². The third-order valence-electron chi connectivity index (χ3n) is 2.84. The van der Waals surface area contributed by atoms with Crippen molar-refractivity contribution < 1.29 is 14.4 Å². The van der Waals surface area contributed by atoms with Gasteiger partial charge >= 0.3 is 0 Å². The molecule has 0 aliphatic carbocycles. The van der Waals surface area contributed by atoms with Gasteiger partial charge in [0, 0.05) is 4.47 Å². The first-order valence-corrected chi connectivity index (χ1v) is 5.87. The second-order valence-electron chi connectivity index (χ2n) is 4.07. The number of rotatable bonds is 1. The van der Waals surface area contributed by atoms with E-state index in [0.29, 0.717) is 5.56 Å². The molecule has 1 aromatic rings. The van der Waals surface area contributed by atoms with Crippen LogP contribution in [0.2, 0.25) is 0 Å². The van der Waals surface area contributed by atoms with Gasteiger partial charge < -0.3 is 0 Å². The molecule has 2 rings (SSSR count). The molecule has 0 radical (unpaired) electrons. The highest BCUT2D eigenvalue weighted by molar-refractivity contribution is 9.10. The Hall–Kier alpha value is -1.49. The number of ketones is 1. The summed E-state index contributed by atoms with van der Waals surface area (Å²) in [6.45, 7) is 3.68. The van der Waals surface area contributed by atoms with Crippen molar-refractivity contribution in [3.05, 3.63) is 33.3 Å². The zero-order valence-electron chi connectivity index (χ0n) is 9.33. The van der Waals surface area contributed by atoms with E-state index in [1.54, 1.807) is 6.07 Å². The fraction of sp³-hybridized carbons (Fsp3) is 0.250. The quantitative estimate of drug-likeness (QED) is 0.484. The molecular formula is C12H10BrNO3. The molecule has 1 aliphatic heterocycles. The smallest absolute Gasteiger partial charge is 0.289 e. The van der Waals surface area contributed by atoms with Gasteiger partial charge in [-0.3, -0.25) is 19.7 Å². The fourth-order valence-corrected chi connectivity index (χ4v) is 2.35. The van der Waals surface area contributed by atoms with E-state index < -0.39 is 23.5 Å². The summed E-state index contributed by atoms with van der Waals surface area (Å²) in [5, 5.41) is 2.04. The summed E-state index contributed by atoms with van der Waals surface area (Å²) < 4.78 is 0.913. The lowest BCUT2D eigenvalue weighted by Crippen LogP contribution is -2.22. The van der Waals surface area contributed by atoms with E-state index in [4.69, 9.17) is 0 Å². The van der Waals surface area contributed by atoms with Gasteiger partial charge in [0.05, 0.1) is 0 Å². The van der Waals surface area contributed by atoms with Crippen LogP contribution in [0.3, 0.4) is 0 Å². The zero-order valence-corrected chi connectivity index (χ0v) is 10.9. The molecule has 4 nitrogen and oxygen atoms in total. The normalized spacial score (nSPS) is 19.7. The molecule has 0 spiro atoms. The van der Waals surface area contributed by atoms with Crippen LogP contribution in [0, 0.1) is 13.8 Å². The molecule has 1 saturated heterocycles. The van der Waals surface area contributed by atoms with Gasteiger partial charge in [0.1, 0.15) is 5.92 Å². The number of benzene rings is 1. The Labute approximate surface area is 107 Å². The molecule has 1 aromatic carbocycles. The zero-order chi connectivity index (χ0) is 12.7. The summed E-state index contributed by atoms with van der Waals surface area (Å²) in [5.41, 5.74) is 2.33. The summed E-state index contributed by atoms with van der Waals surface area (Å²) in [6.07, 6.45) is 0. The van der Waals surface area contributed by atoms with Crippen LogP contribution in [0.1, 0.15) is 22.6 Å². The first kappa shape index (κ1) is 12.0. The minimum absolute atomic E-state index is 0.537. The molecule has 0 bridgehead atoms. The monoisotopic (exact) mass is 295 g/mol. The number of hydrogen-bond acceptors (Lipinski definition) is 3. The second kappa shape index (κ2) is 4.07. The van der Waals surface area contributed by atoms with Crippen LogP contribution in [-0.2, 0) is 14.4 Å². The Balaban J connectivity index is 2.55. The number of nitrogens with one attached hydrogen (secondary N) is 1. The molecule has 1 unspecified atom stereocenters. The number of carbonyl (C=O) groups is 3. The second-order valence-corrected chi connectivity index (χ2v) is 4.93. The highest BCUT2D eigenvalue weighted by atomic mass is 79.9. The maximum Gasteiger partial charge on any atom is 0.295 e. The number of amides is 2. The van der Waals surface area contributed by atoms with Crippen LogP contribution in [0.5, 0.6) is 0 Å². The van der Waals surface area contributed by atoms with Gasteiger partial charge in [-0.2, -0.15) is 0 Å². The average molecular weight is 296 g/mol. The van der Waals surface area contributed by atoms with Crippen LogP contribution in [0.15, 0.2) is 16.6 Å². The van der Waals surface area contributed by atoms with E-state index in [1.807, 2.05) is 25.2 Å². The number of aryl methyl sites for hydroxylation is 2. The average Bonchev–Trinajstić information content (AvgIpc) is 2.48. The molecule has 0 aromatic heterocycles. The van der Waals surface area contributed by atoms with Crippen molar-refractivity contribution in [1.82, 2.24) is 5.32 Å². The number of carbonyl (C=O) groups excluding carboxylic acids is 3. The number of imide groups is 1. The van der Waals surface area contributed by atoms with Crippen LogP contribution < -0.4 is 5.32 Å². The third-order valence-corrected chi connectivity index (χ3v) is 3.70. The molecule has 1 heterocycles. The van der Waals surface area contributed by atoms with E-state index in [0.717, 1.165) is 15.6 Å². The topological polar surface area (TPSA) is 63.2 Å². The van der Waals surface area contributed by atoms with E-state index in [2.05, 4.69) is 15.9 Å². The minimum Gasteiger partial charge on any atom is -0.289 e. The molecule has 1 aliphatic rings. The number of Topliss-reactive ketones (excluding diaryl/α,β-unsaturated/α-hetero) is 1. The van der Waals surface area contributed by atoms with Crippen LogP contribution in [0.25, 0.3) is 0 Å². The molecule has 1 atom stereocenters.